The zero-order chi connectivity index (χ0) is 14.6. The molecule has 0 saturated carbocycles. The van der Waals surface area contributed by atoms with Crippen LogP contribution in [-0.4, -0.2) is 22.5 Å². The molecule has 104 valence electrons. The van der Waals surface area contributed by atoms with Gasteiger partial charge >= 0.3 is 5.97 Å². The highest BCUT2D eigenvalue weighted by Crippen LogP contribution is 2.24. The van der Waals surface area contributed by atoms with Crippen molar-refractivity contribution in [3.05, 3.63) is 48.4 Å². The lowest BCUT2D eigenvalue weighted by atomic mass is 9.90. The van der Waals surface area contributed by atoms with Gasteiger partial charge in [0.15, 0.2) is 0 Å². The Bertz CT molecular complexity index is 577. The van der Waals surface area contributed by atoms with Crippen LogP contribution in [0.5, 0.6) is 0 Å². The molecule has 0 saturated heterocycles. The summed E-state index contributed by atoms with van der Waals surface area (Å²) in [5, 5.41) is 0. The minimum atomic E-state index is -0.793. The van der Waals surface area contributed by atoms with E-state index >= 15 is 0 Å². The van der Waals surface area contributed by atoms with Crippen molar-refractivity contribution >= 4 is 5.97 Å². The molecule has 1 aromatic carbocycles. The van der Waals surface area contributed by atoms with E-state index in [0.717, 1.165) is 11.3 Å². The van der Waals surface area contributed by atoms with E-state index in [-0.39, 0.29) is 5.97 Å². The summed E-state index contributed by atoms with van der Waals surface area (Å²) in [4.78, 5) is 20.7. The average molecular weight is 270 g/mol. The highest BCUT2D eigenvalue weighted by atomic mass is 16.5. The van der Waals surface area contributed by atoms with Gasteiger partial charge in [0.1, 0.15) is 5.41 Å². The van der Waals surface area contributed by atoms with Crippen molar-refractivity contribution in [2.75, 3.05) is 6.61 Å². The quantitative estimate of drug-likeness (QED) is 0.801. The number of hydrogen-bond donors (Lipinski definition) is 0. The summed E-state index contributed by atoms with van der Waals surface area (Å²) in [6.45, 7) is 5.73. The molecule has 20 heavy (non-hydrogen) atoms. The summed E-state index contributed by atoms with van der Waals surface area (Å²) in [6, 6.07) is 9.80. The molecule has 0 fully saturated rings. The minimum Gasteiger partial charge on any atom is -0.465 e. The largest absolute Gasteiger partial charge is 0.465 e. The van der Waals surface area contributed by atoms with E-state index in [1.54, 1.807) is 33.2 Å². The molecular formula is C16H18N2O2. The molecule has 0 bridgehead atoms. The highest BCUT2D eigenvalue weighted by Gasteiger charge is 2.33. The fourth-order valence-corrected chi connectivity index (χ4v) is 1.82. The molecule has 0 aliphatic rings. The summed E-state index contributed by atoms with van der Waals surface area (Å²) in [5.41, 5.74) is 1.60. The third kappa shape index (κ3) is 2.85. The Labute approximate surface area is 118 Å². The van der Waals surface area contributed by atoms with Crippen LogP contribution in [0.4, 0.5) is 0 Å². The van der Waals surface area contributed by atoms with Gasteiger partial charge in [0, 0.05) is 5.56 Å². The number of carbonyl (C=O) groups is 1. The van der Waals surface area contributed by atoms with E-state index in [1.165, 1.54) is 0 Å². The van der Waals surface area contributed by atoms with Crippen molar-refractivity contribution in [2.45, 2.75) is 26.2 Å². The van der Waals surface area contributed by atoms with Crippen molar-refractivity contribution in [3.8, 4) is 11.3 Å². The SMILES string of the molecule is CCOC(=O)C(C)(C)c1cnc(-c2ccccc2)cn1. The van der Waals surface area contributed by atoms with Crippen LogP contribution in [0.25, 0.3) is 11.3 Å². The molecule has 1 aromatic heterocycles. The van der Waals surface area contributed by atoms with E-state index in [0.29, 0.717) is 12.3 Å². The molecule has 4 nitrogen and oxygen atoms in total. The molecular weight excluding hydrogens is 252 g/mol. The van der Waals surface area contributed by atoms with Crippen LogP contribution in [0.1, 0.15) is 26.5 Å². The first-order valence-electron chi connectivity index (χ1n) is 6.61. The number of esters is 1. The monoisotopic (exact) mass is 270 g/mol. The van der Waals surface area contributed by atoms with Crippen LogP contribution in [-0.2, 0) is 14.9 Å². The Hall–Kier alpha value is -2.23. The number of aromatic nitrogens is 2. The van der Waals surface area contributed by atoms with Gasteiger partial charge in [-0.3, -0.25) is 14.8 Å². The first-order valence-corrected chi connectivity index (χ1v) is 6.61. The van der Waals surface area contributed by atoms with Gasteiger partial charge < -0.3 is 4.74 Å². The van der Waals surface area contributed by atoms with E-state index in [2.05, 4.69) is 9.97 Å². The number of nitrogens with zero attached hydrogens (tertiary/aromatic N) is 2. The second kappa shape index (κ2) is 5.82. The Balaban J connectivity index is 2.26. The van der Waals surface area contributed by atoms with Crippen molar-refractivity contribution in [3.63, 3.8) is 0 Å². The normalized spacial score (nSPS) is 11.2. The second-order valence-corrected chi connectivity index (χ2v) is 5.00. The van der Waals surface area contributed by atoms with Gasteiger partial charge in [-0.2, -0.15) is 0 Å². The zero-order valence-corrected chi connectivity index (χ0v) is 12.0. The molecule has 4 heteroatoms. The summed E-state index contributed by atoms with van der Waals surface area (Å²) >= 11 is 0. The predicted molar refractivity (Wildman–Crippen MR) is 77.1 cm³/mol. The fraction of sp³-hybridized carbons (Fsp3) is 0.312. The van der Waals surface area contributed by atoms with Crippen molar-refractivity contribution < 1.29 is 9.53 Å². The number of hydrogen-bond acceptors (Lipinski definition) is 4. The third-order valence-electron chi connectivity index (χ3n) is 3.15. The fourth-order valence-electron chi connectivity index (χ4n) is 1.82. The van der Waals surface area contributed by atoms with Crippen LogP contribution in [0.2, 0.25) is 0 Å². The molecule has 0 amide bonds. The average Bonchev–Trinajstić information content (AvgIpc) is 2.48. The highest BCUT2D eigenvalue weighted by molar-refractivity contribution is 5.81. The van der Waals surface area contributed by atoms with E-state index < -0.39 is 5.41 Å². The summed E-state index contributed by atoms with van der Waals surface area (Å²) in [5.74, 6) is -0.290. The molecule has 0 unspecified atom stereocenters. The Morgan fingerprint density at radius 1 is 1.15 bits per heavy atom. The third-order valence-corrected chi connectivity index (χ3v) is 3.15. The number of ether oxygens (including phenoxy) is 1. The Kier molecular flexibility index (Phi) is 4.13. The zero-order valence-electron chi connectivity index (χ0n) is 12.0. The molecule has 1 heterocycles. The molecule has 0 atom stereocenters. The van der Waals surface area contributed by atoms with Crippen LogP contribution in [0, 0.1) is 0 Å². The van der Waals surface area contributed by atoms with Gasteiger partial charge in [-0.1, -0.05) is 30.3 Å². The molecule has 0 aliphatic heterocycles. The maximum atomic E-state index is 11.9. The van der Waals surface area contributed by atoms with Crippen LogP contribution >= 0.6 is 0 Å². The minimum absolute atomic E-state index is 0.290. The maximum absolute atomic E-state index is 11.9. The number of carbonyl (C=O) groups excluding carboxylic acids is 1. The van der Waals surface area contributed by atoms with Crippen molar-refractivity contribution in [2.24, 2.45) is 0 Å². The standard InChI is InChI=1S/C16H18N2O2/c1-4-20-15(19)16(2,3)14-11-17-13(10-18-14)12-8-6-5-7-9-12/h5-11H,4H2,1-3H3. The van der Waals surface area contributed by atoms with Crippen LogP contribution < -0.4 is 0 Å². The maximum Gasteiger partial charge on any atom is 0.317 e. The topological polar surface area (TPSA) is 52.1 Å². The van der Waals surface area contributed by atoms with Gasteiger partial charge in [0.25, 0.3) is 0 Å². The number of benzene rings is 1. The first kappa shape index (κ1) is 14.2. The van der Waals surface area contributed by atoms with E-state index in [1.807, 2.05) is 30.3 Å². The lowest BCUT2D eigenvalue weighted by molar-refractivity contribution is -0.148. The molecule has 0 spiro atoms. The molecule has 0 N–H and O–H groups in total. The second-order valence-electron chi connectivity index (χ2n) is 5.00. The Morgan fingerprint density at radius 3 is 2.40 bits per heavy atom. The molecule has 2 aromatic rings. The van der Waals surface area contributed by atoms with Crippen molar-refractivity contribution in [1.29, 1.82) is 0 Å². The summed E-state index contributed by atoms with van der Waals surface area (Å²) < 4.78 is 5.07. The van der Waals surface area contributed by atoms with E-state index in [9.17, 15) is 4.79 Å². The van der Waals surface area contributed by atoms with Crippen LogP contribution in [0.15, 0.2) is 42.7 Å². The van der Waals surface area contributed by atoms with Crippen molar-refractivity contribution in [1.82, 2.24) is 9.97 Å². The molecule has 2 rings (SSSR count). The predicted octanol–water partition coefficient (Wildman–Crippen LogP) is 2.98. The van der Waals surface area contributed by atoms with E-state index in [4.69, 9.17) is 4.74 Å². The lowest BCUT2D eigenvalue weighted by Gasteiger charge is -2.21. The number of rotatable bonds is 4. The summed E-state index contributed by atoms with van der Waals surface area (Å²) in [7, 11) is 0. The first-order chi connectivity index (χ1) is 9.55. The van der Waals surface area contributed by atoms with Gasteiger partial charge in [0.05, 0.1) is 30.4 Å². The van der Waals surface area contributed by atoms with Gasteiger partial charge in [-0.15, -0.1) is 0 Å². The van der Waals surface area contributed by atoms with Gasteiger partial charge in [-0.25, -0.2) is 0 Å². The van der Waals surface area contributed by atoms with Gasteiger partial charge in [0.2, 0.25) is 0 Å². The smallest absolute Gasteiger partial charge is 0.317 e. The van der Waals surface area contributed by atoms with Crippen LogP contribution in [0.3, 0.4) is 0 Å². The molecule has 0 aliphatic carbocycles. The van der Waals surface area contributed by atoms with Gasteiger partial charge in [-0.05, 0) is 20.8 Å². The lowest BCUT2D eigenvalue weighted by Crippen LogP contribution is -2.32. The Morgan fingerprint density at radius 2 is 1.85 bits per heavy atom. The molecule has 0 radical (unpaired) electrons. The summed E-state index contributed by atoms with van der Waals surface area (Å²) in [6.07, 6.45) is 3.32.